The van der Waals surface area contributed by atoms with Gasteiger partial charge in [-0.2, -0.15) is 5.10 Å². The minimum absolute atomic E-state index is 0.0870. The van der Waals surface area contributed by atoms with Crippen LogP contribution < -0.4 is 0 Å². The first-order valence-corrected chi connectivity index (χ1v) is 8.13. The van der Waals surface area contributed by atoms with E-state index in [1.54, 1.807) is 25.1 Å². The molecule has 0 saturated carbocycles. The molecule has 27 heavy (non-hydrogen) atoms. The van der Waals surface area contributed by atoms with Crippen molar-refractivity contribution in [2.45, 2.75) is 6.92 Å². The van der Waals surface area contributed by atoms with Gasteiger partial charge in [0.25, 0.3) is 5.69 Å². The number of benzene rings is 2. The van der Waals surface area contributed by atoms with Gasteiger partial charge >= 0.3 is 5.97 Å². The number of esters is 1. The first-order chi connectivity index (χ1) is 13.0. The molecule has 0 aliphatic carbocycles. The van der Waals surface area contributed by atoms with E-state index in [0.717, 1.165) is 5.39 Å². The van der Waals surface area contributed by atoms with Crippen LogP contribution in [0.5, 0.6) is 0 Å². The minimum Gasteiger partial charge on any atom is -0.465 e. The van der Waals surface area contributed by atoms with Crippen LogP contribution in [0.2, 0.25) is 0 Å². The summed E-state index contributed by atoms with van der Waals surface area (Å²) in [6, 6.07) is 13.6. The number of nitro groups is 1. The lowest BCUT2D eigenvalue weighted by Crippen LogP contribution is -2.11. The average molecular weight is 362 g/mol. The molecule has 2 heterocycles. The van der Waals surface area contributed by atoms with Gasteiger partial charge in [0.15, 0.2) is 5.82 Å². The van der Waals surface area contributed by atoms with Gasteiger partial charge in [0.2, 0.25) is 0 Å². The molecule has 0 aliphatic heterocycles. The van der Waals surface area contributed by atoms with Crippen molar-refractivity contribution < 1.29 is 14.5 Å². The van der Waals surface area contributed by atoms with Crippen LogP contribution in [0.3, 0.4) is 0 Å². The van der Waals surface area contributed by atoms with Gasteiger partial charge in [-0.15, -0.1) is 0 Å². The molecule has 2 aromatic carbocycles. The number of hydrogen-bond donors (Lipinski definition) is 0. The van der Waals surface area contributed by atoms with Gasteiger partial charge in [0, 0.05) is 11.5 Å². The third kappa shape index (κ3) is 2.50. The fourth-order valence-electron chi connectivity index (χ4n) is 3.20. The number of fused-ring (bicyclic) bond motifs is 3. The monoisotopic (exact) mass is 362 g/mol. The van der Waals surface area contributed by atoms with Gasteiger partial charge in [-0.3, -0.25) is 10.1 Å². The van der Waals surface area contributed by atoms with Crippen LogP contribution in [0, 0.1) is 17.0 Å². The number of aromatic nitrogens is 3. The summed E-state index contributed by atoms with van der Waals surface area (Å²) in [6.45, 7) is 1.67. The summed E-state index contributed by atoms with van der Waals surface area (Å²) < 4.78 is 6.40. The molecule has 0 saturated heterocycles. The van der Waals surface area contributed by atoms with Crippen molar-refractivity contribution in [2.24, 2.45) is 0 Å². The van der Waals surface area contributed by atoms with E-state index in [1.165, 1.54) is 17.7 Å². The van der Waals surface area contributed by atoms with Crippen molar-refractivity contribution >= 4 is 28.1 Å². The summed E-state index contributed by atoms with van der Waals surface area (Å²) in [6.07, 6.45) is 0. The number of hydrogen-bond acceptors (Lipinski definition) is 6. The van der Waals surface area contributed by atoms with Gasteiger partial charge in [-0.05, 0) is 19.1 Å². The molecular weight excluding hydrogens is 348 g/mol. The molecule has 4 aromatic rings. The zero-order chi connectivity index (χ0) is 19.1. The molecule has 0 atom stereocenters. The van der Waals surface area contributed by atoms with Gasteiger partial charge in [-0.25, -0.2) is 14.3 Å². The molecule has 0 fully saturated rings. The summed E-state index contributed by atoms with van der Waals surface area (Å²) in [5, 5.41) is 16.8. The number of aryl methyl sites for hydroxylation is 1. The van der Waals surface area contributed by atoms with Crippen molar-refractivity contribution in [3.05, 3.63) is 69.9 Å². The molecule has 0 unspecified atom stereocenters. The second-order valence-electron chi connectivity index (χ2n) is 5.94. The first-order valence-electron chi connectivity index (χ1n) is 8.13. The largest absolute Gasteiger partial charge is 0.465 e. The normalized spacial score (nSPS) is 11.0. The Kier molecular flexibility index (Phi) is 3.80. The maximum Gasteiger partial charge on any atom is 0.341 e. The molecule has 0 N–H and O–H groups in total. The molecular formula is C19H14N4O4. The van der Waals surface area contributed by atoms with Crippen molar-refractivity contribution in [3.63, 3.8) is 0 Å². The Morgan fingerprint density at radius 1 is 1.15 bits per heavy atom. The van der Waals surface area contributed by atoms with E-state index in [-0.39, 0.29) is 11.3 Å². The summed E-state index contributed by atoms with van der Waals surface area (Å²) >= 11 is 0. The van der Waals surface area contributed by atoms with E-state index in [2.05, 4.69) is 10.1 Å². The Hall–Kier alpha value is -3.81. The summed E-state index contributed by atoms with van der Waals surface area (Å²) in [7, 11) is 1.30. The smallest absolute Gasteiger partial charge is 0.341 e. The van der Waals surface area contributed by atoms with E-state index in [1.807, 2.05) is 24.3 Å². The maximum absolute atomic E-state index is 12.4. The molecule has 8 heteroatoms. The highest BCUT2D eigenvalue weighted by Crippen LogP contribution is 2.33. The van der Waals surface area contributed by atoms with Gasteiger partial charge in [0.1, 0.15) is 5.56 Å². The van der Waals surface area contributed by atoms with Crippen LogP contribution in [0.15, 0.2) is 48.5 Å². The van der Waals surface area contributed by atoms with Crippen LogP contribution in [0.4, 0.5) is 5.69 Å². The molecule has 2 aromatic heterocycles. The third-order valence-electron chi connectivity index (χ3n) is 4.38. The van der Waals surface area contributed by atoms with Crippen molar-refractivity contribution in [1.29, 1.82) is 0 Å². The molecule has 0 spiro atoms. The predicted molar refractivity (Wildman–Crippen MR) is 98.7 cm³/mol. The molecule has 0 aliphatic rings. The number of ether oxygens (including phenoxy) is 1. The van der Waals surface area contributed by atoms with E-state index in [4.69, 9.17) is 4.74 Å². The molecule has 0 bridgehead atoms. The summed E-state index contributed by atoms with van der Waals surface area (Å²) in [5.41, 5.74) is 2.09. The lowest BCUT2D eigenvalue weighted by atomic mass is 10.1. The SMILES string of the molecule is COC(=O)c1c(C)nc(-c2ccccc2[N+](=O)[O-])n2nc3ccccc3c12. The zero-order valence-corrected chi connectivity index (χ0v) is 14.5. The van der Waals surface area contributed by atoms with Gasteiger partial charge in [-0.1, -0.05) is 30.3 Å². The number of methoxy groups -OCH3 is 1. The highest BCUT2D eigenvalue weighted by atomic mass is 16.6. The first kappa shape index (κ1) is 16.6. The number of nitrogens with zero attached hydrogens (tertiary/aromatic N) is 4. The number of carbonyl (C=O) groups is 1. The fourth-order valence-corrected chi connectivity index (χ4v) is 3.20. The Morgan fingerprint density at radius 2 is 1.85 bits per heavy atom. The standard InChI is InChI=1S/C19H14N4O4/c1-11-16(19(24)27-2)17-12-7-3-5-9-14(12)21-22(17)18(20-11)13-8-4-6-10-15(13)23(25)26/h3-10H,1-2H3. The quantitative estimate of drug-likeness (QED) is 0.314. The lowest BCUT2D eigenvalue weighted by Gasteiger charge is -2.11. The van der Waals surface area contributed by atoms with Crippen molar-refractivity contribution in [2.75, 3.05) is 7.11 Å². The number of nitro benzene ring substituents is 1. The van der Waals surface area contributed by atoms with Crippen LogP contribution in [0.25, 0.3) is 27.8 Å². The Bertz CT molecular complexity index is 1230. The molecule has 0 amide bonds. The van der Waals surface area contributed by atoms with Gasteiger partial charge < -0.3 is 4.74 Å². The lowest BCUT2D eigenvalue weighted by molar-refractivity contribution is -0.384. The number of para-hydroxylation sites is 1. The average Bonchev–Trinajstić information content (AvgIpc) is 3.06. The van der Waals surface area contributed by atoms with Crippen molar-refractivity contribution in [1.82, 2.24) is 14.6 Å². The Labute approximate surface area is 153 Å². The van der Waals surface area contributed by atoms with Crippen LogP contribution in [-0.4, -0.2) is 32.6 Å². The minimum atomic E-state index is -0.537. The van der Waals surface area contributed by atoms with Crippen molar-refractivity contribution in [3.8, 4) is 11.4 Å². The van der Waals surface area contributed by atoms with Gasteiger partial charge in [0.05, 0.1) is 34.3 Å². The van der Waals surface area contributed by atoms with E-state index in [0.29, 0.717) is 28.1 Å². The predicted octanol–water partition coefficient (Wildman–Crippen LogP) is 3.55. The molecule has 4 rings (SSSR count). The van der Waals surface area contributed by atoms with Crippen LogP contribution >= 0.6 is 0 Å². The van der Waals surface area contributed by atoms with Crippen LogP contribution in [0.1, 0.15) is 16.1 Å². The third-order valence-corrected chi connectivity index (χ3v) is 4.38. The Balaban J connectivity index is 2.20. The highest BCUT2D eigenvalue weighted by Gasteiger charge is 2.25. The van der Waals surface area contributed by atoms with E-state index < -0.39 is 10.9 Å². The van der Waals surface area contributed by atoms with E-state index in [9.17, 15) is 14.9 Å². The summed E-state index contributed by atoms with van der Waals surface area (Å²) in [4.78, 5) is 27.9. The summed E-state index contributed by atoms with van der Waals surface area (Å²) in [5.74, 6) is -0.247. The zero-order valence-electron chi connectivity index (χ0n) is 14.5. The molecule has 8 nitrogen and oxygen atoms in total. The molecule has 0 radical (unpaired) electrons. The Morgan fingerprint density at radius 3 is 2.59 bits per heavy atom. The van der Waals surface area contributed by atoms with E-state index >= 15 is 0 Å². The number of rotatable bonds is 3. The highest BCUT2D eigenvalue weighted by molar-refractivity contribution is 6.08. The second-order valence-corrected chi connectivity index (χ2v) is 5.94. The van der Waals surface area contributed by atoms with Crippen LogP contribution in [-0.2, 0) is 4.74 Å². The number of carbonyl (C=O) groups excluding carboxylic acids is 1. The topological polar surface area (TPSA) is 99.6 Å². The fraction of sp³-hybridized carbons (Fsp3) is 0.105. The second kappa shape index (κ2) is 6.17. The maximum atomic E-state index is 12.4. The molecule has 134 valence electrons.